The number of halogens is 3. The third kappa shape index (κ3) is 3.69. The first-order valence-corrected chi connectivity index (χ1v) is 6.82. The molecule has 0 radical (unpaired) electrons. The Bertz CT molecular complexity index is 592. The Morgan fingerprint density at radius 1 is 1.21 bits per heavy atom. The maximum Gasteiger partial charge on any atom is 0.142 e. The van der Waals surface area contributed by atoms with Crippen LogP contribution in [-0.4, -0.2) is 0 Å². The molecule has 2 aromatic rings. The first-order chi connectivity index (χ1) is 9.10. The fourth-order valence-electron chi connectivity index (χ4n) is 1.59. The van der Waals surface area contributed by atoms with Crippen LogP contribution in [0.4, 0.5) is 4.39 Å². The molecule has 0 saturated carbocycles. The Morgan fingerprint density at radius 2 is 2.00 bits per heavy atom. The number of hydrogen-bond acceptors (Lipinski definition) is 2. The van der Waals surface area contributed by atoms with Gasteiger partial charge in [0.05, 0.1) is 5.02 Å². The fraction of sp³-hybridized carbons (Fsp3) is 0.143. The van der Waals surface area contributed by atoms with Crippen LogP contribution >= 0.6 is 27.5 Å². The van der Waals surface area contributed by atoms with Gasteiger partial charge in [-0.3, -0.25) is 0 Å². The zero-order valence-electron chi connectivity index (χ0n) is 10.00. The second kappa shape index (κ2) is 6.37. The number of hydrogen-bond donors (Lipinski definition) is 1. The molecule has 0 heterocycles. The molecule has 100 valence electrons. The Labute approximate surface area is 124 Å². The van der Waals surface area contributed by atoms with Gasteiger partial charge in [-0.25, -0.2) is 4.39 Å². The molecule has 0 atom stereocenters. The first-order valence-electron chi connectivity index (χ1n) is 5.65. The minimum Gasteiger partial charge on any atom is -0.489 e. The number of nitrogens with two attached hydrogens (primary N) is 1. The van der Waals surface area contributed by atoms with Crippen molar-refractivity contribution in [1.82, 2.24) is 0 Å². The van der Waals surface area contributed by atoms with Crippen LogP contribution in [0, 0.1) is 5.82 Å². The van der Waals surface area contributed by atoms with Crippen LogP contribution in [0.2, 0.25) is 5.02 Å². The molecule has 0 unspecified atom stereocenters. The van der Waals surface area contributed by atoms with E-state index in [9.17, 15) is 4.39 Å². The molecule has 0 aliphatic carbocycles. The lowest BCUT2D eigenvalue weighted by molar-refractivity contribution is 0.305. The monoisotopic (exact) mass is 343 g/mol. The third-order valence-electron chi connectivity index (χ3n) is 2.63. The Morgan fingerprint density at radius 3 is 2.68 bits per heavy atom. The Balaban J connectivity index is 2.07. The molecule has 0 aliphatic heterocycles. The van der Waals surface area contributed by atoms with Crippen molar-refractivity contribution in [3.05, 3.63) is 62.8 Å². The minimum absolute atomic E-state index is 0.109. The van der Waals surface area contributed by atoms with Crippen molar-refractivity contribution < 1.29 is 9.13 Å². The maximum absolute atomic E-state index is 13.3. The molecule has 0 aliphatic rings. The van der Waals surface area contributed by atoms with Gasteiger partial charge in [0.15, 0.2) is 0 Å². The van der Waals surface area contributed by atoms with Gasteiger partial charge in [-0.2, -0.15) is 0 Å². The van der Waals surface area contributed by atoms with Crippen molar-refractivity contribution in [3.8, 4) is 5.75 Å². The van der Waals surface area contributed by atoms with E-state index < -0.39 is 5.82 Å². The minimum atomic E-state index is -0.443. The van der Waals surface area contributed by atoms with Gasteiger partial charge in [0, 0.05) is 11.0 Å². The molecule has 0 spiro atoms. The molecule has 0 amide bonds. The summed E-state index contributed by atoms with van der Waals surface area (Å²) < 4.78 is 19.8. The molecule has 0 saturated heterocycles. The van der Waals surface area contributed by atoms with Crippen LogP contribution in [0.25, 0.3) is 0 Å². The highest BCUT2D eigenvalue weighted by atomic mass is 79.9. The summed E-state index contributed by atoms with van der Waals surface area (Å²) in [5, 5.41) is 0.109. The van der Waals surface area contributed by atoms with Gasteiger partial charge in [0.25, 0.3) is 0 Å². The van der Waals surface area contributed by atoms with E-state index in [-0.39, 0.29) is 11.6 Å². The van der Waals surface area contributed by atoms with Crippen LogP contribution < -0.4 is 10.5 Å². The standard InChI is InChI=1S/C14H12BrClFNO/c15-12-3-2-11(6-10(12)7-18)19-8-9-1-4-13(16)14(17)5-9/h1-6H,7-8,18H2. The lowest BCUT2D eigenvalue weighted by Gasteiger charge is -2.09. The summed E-state index contributed by atoms with van der Waals surface area (Å²) in [4.78, 5) is 0. The van der Waals surface area contributed by atoms with Crippen LogP contribution in [0.15, 0.2) is 40.9 Å². The highest BCUT2D eigenvalue weighted by Crippen LogP contribution is 2.23. The van der Waals surface area contributed by atoms with Crippen molar-refractivity contribution in [2.24, 2.45) is 5.73 Å². The topological polar surface area (TPSA) is 35.2 Å². The van der Waals surface area contributed by atoms with Gasteiger partial charge in [0.2, 0.25) is 0 Å². The molecule has 0 fully saturated rings. The van der Waals surface area contributed by atoms with Gasteiger partial charge in [0.1, 0.15) is 18.2 Å². The van der Waals surface area contributed by atoms with Crippen molar-refractivity contribution in [2.75, 3.05) is 0 Å². The average Bonchev–Trinajstić information content (AvgIpc) is 2.41. The summed E-state index contributed by atoms with van der Waals surface area (Å²) in [5.74, 6) is 0.250. The predicted molar refractivity (Wildman–Crippen MR) is 77.8 cm³/mol. The van der Waals surface area contributed by atoms with Crippen molar-refractivity contribution in [2.45, 2.75) is 13.2 Å². The second-order valence-electron chi connectivity index (χ2n) is 3.99. The third-order valence-corrected chi connectivity index (χ3v) is 3.71. The smallest absolute Gasteiger partial charge is 0.142 e. The van der Waals surface area contributed by atoms with Gasteiger partial charge >= 0.3 is 0 Å². The van der Waals surface area contributed by atoms with E-state index >= 15 is 0 Å². The van der Waals surface area contributed by atoms with Gasteiger partial charge in [-0.05, 0) is 41.5 Å². The molecule has 2 rings (SSSR count). The zero-order chi connectivity index (χ0) is 13.8. The van der Waals surface area contributed by atoms with Crippen molar-refractivity contribution in [3.63, 3.8) is 0 Å². The maximum atomic E-state index is 13.3. The van der Waals surface area contributed by atoms with Crippen LogP contribution in [-0.2, 0) is 13.2 Å². The van der Waals surface area contributed by atoms with E-state index in [1.807, 2.05) is 18.2 Å². The predicted octanol–water partition coefficient (Wildman–Crippen LogP) is 4.28. The van der Waals surface area contributed by atoms with Crippen LogP contribution in [0.5, 0.6) is 5.75 Å². The van der Waals surface area contributed by atoms with E-state index in [1.54, 1.807) is 6.07 Å². The average molecular weight is 345 g/mol. The molecule has 2 nitrogen and oxygen atoms in total. The number of benzene rings is 2. The molecule has 2 aromatic carbocycles. The number of rotatable bonds is 4. The van der Waals surface area contributed by atoms with Crippen LogP contribution in [0.3, 0.4) is 0 Å². The summed E-state index contributed by atoms with van der Waals surface area (Å²) in [7, 11) is 0. The van der Waals surface area contributed by atoms with Crippen molar-refractivity contribution >= 4 is 27.5 Å². The summed E-state index contributed by atoms with van der Waals surface area (Å²) in [5.41, 5.74) is 7.29. The molecule has 19 heavy (non-hydrogen) atoms. The van der Waals surface area contributed by atoms with Crippen molar-refractivity contribution in [1.29, 1.82) is 0 Å². The zero-order valence-corrected chi connectivity index (χ0v) is 12.3. The molecule has 0 bridgehead atoms. The van der Waals surface area contributed by atoms with Crippen LogP contribution in [0.1, 0.15) is 11.1 Å². The highest BCUT2D eigenvalue weighted by Gasteiger charge is 2.04. The molecule has 0 aromatic heterocycles. The molecule has 5 heteroatoms. The lowest BCUT2D eigenvalue weighted by atomic mass is 10.2. The summed E-state index contributed by atoms with van der Waals surface area (Å²) in [6, 6.07) is 10.2. The Kier molecular flexibility index (Phi) is 4.80. The summed E-state index contributed by atoms with van der Waals surface area (Å²) >= 11 is 9.02. The van der Waals surface area contributed by atoms with Gasteiger partial charge in [-0.1, -0.05) is 33.6 Å². The van der Waals surface area contributed by atoms with E-state index in [1.165, 1.54) is 12.1 Å². The lowest BCUT2D eigenvalue weighted by Crippen LogP contribution is -2.00. The number of ether oxygens (including phenoxy) is 1. The summed E-state index contributed by atoms with van der Waals surface area (Å²) in [6.07, 6.45) is 0. The van der Waals surface area contributed by atoms with E-state index in [4.69, 9.17) is 22.1 Å². The normalized spacial score (nSPS) is 10.5. The van der Waals surface area contributed by atoms with Gasteiger partial charge in [-0.15, -0.1) is 0 Å². The van der Waals surface area contributed by atoms with E-state index in [0.717, 1.165) is 15.6 Å². The molecular formula is C14H12BrClFNO. The summed E-state index contributed by atoms with van der Waals surface area (Å²) in [6.45, 7) is 0.701. The molecular weight excluding hydrogens is 333 g/mol. The fourth-order valence-corrected chi connectivity index (χ4v) is 2.12. The highest BCUT2D eigenvalue weighted by molar-refractivity contribution is 9.10. The van der Waals surface area contributed by atoms with E-state index in [0.29, 0.717) is 12.3 Å². The first kappa shape index (κ1) is 14.3. The second-order valence-corrected chi connectivity index (χ2v) is 5.26. The quantitative estimate of drug-likeness (QED) is 0.898. The SMILES string of the molecule is NCc1cc(OCc2ccc(Cl)c(F)c2)ccc1Br. The Hall–Kier alpha value is -1.10. The van der Waals surface area contributed by atoms with E-state index in [2.05, 4.69) is 15.9 Å². The molecule has 2 N–H and O–H groups in total. The largest absolute Gasteiger partial charge is 0.489 e. The van der Waals surface area contributed by atoms with Gasteiger partial charge < -0.3 is 10.5 Å².